The predicted octanol–water partition coefficient (Wildman–Crippen LogP) is 5.19. The molecule has 3 aromatic rings. The van der Waals surface area contributed by atoms with E-state index in [4.69, 9.17) is 21.3 Å². The Hall–Kier alpha value is -2.41. The van der Waals surface area contributed by atoms with Gasteiger partial charge in [-0.05, 0) is 53.7 Å². The summed E-state index contributed by atoms with van der Waals surface area (Å²) < 4.78 is 10.2. The molecule has 5 rings (SSSR count). The van der Waals surface area contributed by atoms with E-state index in [1.165, 1.54) is 22.7 Å². The number of hydrogen-bond acceptors (Lipinski definition) is 6. The second kappa shape index (κ2) is 9.16. The van der Waals surface area contributed by atoms with E-state index in [2.05, 4.69) is 46.0 Å². The molecular formula is C23H25ClN4OS. The molecule has 2 aromatic heterocycles. The molecule has 1 aromatic carbocycles. The van der Waals surface area contributed by atoms with Crippen molar-refractivity contribution in [2.24, 2.45) is 0 Å². The van der Waals surface area contributed by atoms with Crippen molar-refractivity contribution in [1.29, 1.82) is 0 Å². The van der Waals surface area contributed by atoms with Crippen LogP contribution < -0.4 is 15.0 Å². The van der Waals surface area contributed by atoms with Gasteiger partial charge in [-0.2, -0.15) is 4.37 Å². The molecule has 0 saturated carbocycles. The highest BCUT2D eigenvalue weighted by molar-refractivity contribution is 7.11. The van der Waals surface area contributed by atoms with E-state index in [1.54, 1.807) is 7.11 Å². The monoisotopic (exact) mass is 440 g/mol. The summed E-state index contributed by atoms with van der Waals surface area (Å²) in [6.07, 6.45) is 6.42. The lowest BCUT2D eigenvalue weighted by Gasteiger charge is -2.27. The average Bonchev–Trinajstić information content (AvgIpc) is 3.22. The SMILES string of the molecule is C=C.COc1cc2c(c(-c3nc4nsc(N5CCNCC5)c4cc3Cl)c1)C=CCC2. The maximum atomic E-state index is 6.76. The molecular weight excluding hydrogens is 416 g/mol. The van der Waals surface area contributed by atoms with Crippen LogP contribution in [0.5, 0.6) is 5.75 Å². The summed E-state index contributed by atoms with van der Waals surface area (Å²) in [6.45, 7) is 9.93. The minimum Gasteiger partial charge on any atom is -0.497 e. The number of halogens is 1. The first-order valence-corrected chi connectivity index (χ1v) is 11.2. The molecule has 1 N–H and O–H groups in total. The molecule has 0 unspecified atom stereocenters. The number of aromatic nitrogens is 2. The van der Waals surface area contributed by atoms with Crippen molar-refractivity contribution >= 4 is 45.2 Å². The lowest BCUT2D eigenvalue weighted by molar-refractivity contribution is 0.414. The second-order valence-electron chi connectivity index (χ2n) is 7.10. The Balaban J connectivity index is 0.00000106. The van der Waals surface area contributed by atoms with Crippen molar-refractivity contribution in [2.45, 2.75) is 12.8 Å². The molecule has 2 aliphatic rings. The van der Waals surface area contributed by atoms with Gasteiger partial charge in [-0.1, -0.05) is 23.8 Å². The van der Waals surface area contributed by atoms with Crippen molar-refractivity contribution < 1.29 is 4.74 Å². The maximum absolute atomic E-state index is 6.76. The number of methoxy groups -OCH3 is 1. The zero-order valence-electron chi connectivity index (χ0n) is 17.1. The van der Waals surface area contributed by atoms with Crippen LogP contribution in [-0.2, 0) is 6.42 Å². The van der Waals surface area contributed by atoms with Gasteiger partial charge in [-0.25, -0.2) is 4.98 Å². The second-order valence-corrected chi connectivity index (χ2v) is 8.26. The summed E-state index contributed by atoms with van der Waals surface area (Å²) in [4.78, 5) is 7.25. The Morgan fingerprint density at radius 3 is 2.77 bits per heavy atom. The van der Waals surface area contributed by atoms with Gasteiger partial charge in [0, 0.05) is 31.7 Å². The zero-order valence-corrected chi connectivity index (χ0v) is 18.7. The Labute approximate surface area is 186 Å². The number of rotatable bonds is 3. The van der Waals surface area contributed by atoms with Gasteiger partial charge in [0.25, 0.3) is 0 Å². The van der Waals surface area contributed by atoms with E-state index in [-0.39, 0.29) is 0 Å². The molecule has 0 bridgehead atoms. The molecule has 7 heteroatoms. The summed E-state index contributed by atoms with van der Waals surface area (Å²) >= 11 is 8.27. The van der Waals surface area contributed by atoms with E-state index in [0.717, 1.165) is 72.1 Å². The minimum atomic E-state index is 0.651. The fourth-order valence-electron chi connectivity index (χ4n) is 3.97. The summed E-state index contributed by atoms with van der Waals surface area (Å²) in [5.41, 5.74) is 4.99. The third-order valence-electron chi connectivity index (χ3n) is 5.40. The van der Waals surface area contributed by atoms with Crippen molar-refractivity contribution in [2.75, 3.05) is 38.2 Å². The van der Waals surface area contributed by atoms with Crippen molar-refractivity contribution in [3.8, 4) is 17.0 Å². The van der Waals surface area contributed by atoms with E-state index < -0.39 is 0 Å². The maximum Gasteiger partial charge on any atom is 0.175 e. The molecule has 30 heavy (non-hydrogen) atoms. The van der Waals surface area contributed by atoms with Crippen LogP contribution in [0.3, 0.4) is 0 Å². The minimum absolute atomic E-state index is 0.651. The van der Waals surface area contributed by atoms with Gasteiger partial charge in [0.15, 0.2) is 5.65 Å². The Bertz CT molecular complexity index is 1090. The molecule has 5 nitrogen and oxygen atoms in total. The highest BCUT2D eigenvalue weighted by atomic mass is 35.5. The van der Waals surface area contributed by atoms with Crippen molar-refractivity contribution in [1.82, 2.24) is 14.7 Å². The van der Waals surface area contributed by atoms with Gasteiger partial charge < -0.3 is 15.0 Å². The van der Waals surface area contributed by atoms with E-state index in [9.17, 15) is 0 Å². The molecule has 1 aliphatic carbocycles. The van der Waals surface area contributed by atoms with Gasteiger partial charge >= 0.3 is 0 Å². The third-order valence-corrected chi connectivity index (χ3v) is 6.61. The summed E-state index contributed by atoms with van der Waals surface area (Å²) in [5.74, 6) is 0.835. The molecule has 1 aliphatic heterocycles. The zero-order chi connectivity index (χ0) is 21.1. The third kappa shape index (κ3) is 3.83. The molecule has 0 amide bonds. The van der Waals surface area contributed by atoms with Crippen LogP contribution in [-0.4, -0.2) is 42.6 Å². The topological polar surface area (TPSA) is 50.3 Å². The number of pyridine rings is 1. The number of ether oxygens (including phenoxy) is 1. The summed E-state index contributed by atoms with van der Waals surface area (Å²) in [6, 6.07) is 6.16. The van der Waals surface area contributed by atoms with Crippen LogP contribution in [0.4, 0.5) is 5.00 Å². The van der Waals surface area contributed by atoms with Gasteiger partial charge in [0.2, 0.25) is 0 Å². The summed E-state index contributed by atoms with van der Waals surface area (Å²) in [7, 11) is 1.70. The highest BCUT2D eigenvalue weighted by Crippen LogP contribution is 2.40. The van der Waals surface area contributed by atoms with Gasteiger partial charge in [-0.3, -0.25) is 0 Å². The van der Waals surface area contributed by atoms with Crippen LogP contribution >= 0.6 is 23.1 Å². The lowest BCUT2D eigenvalue weighted by Crippen LogP contribution is -2.43. The average molecular weight is 441 g/mol. The molecule has 0 radical (unpaired) electrons. The smallest absolute Gasteiger partial charge is 0.175 e. The van der Waals surface area contributed by atoms with E-state index >= 15 is 0 Å². The fraction of sp³-hybridized carbons (Fsp3) is 0.304. The Morgan fingerprint density at radius 1 is 1.20 bits per heavy atom. The normalized spacial score (nSPS) is 15.5. The number of fused-ring (bicyclic) bond motifs is 2. The molecule has 0 atom stereocenters. The van der Waals surface area contributed by atoms with Crippen molar-refractivity contribution in [3.63, 3.8) is 0 Å². The molecule has 0 spiro atoms. The Morgan fingerprint density at radius 2 is 2.00 bits per heavy atom. The van der Waals surface area contributed by atoms with Crippen LogP contribution in [0.1, 0.15) is 17.5 Å². The molecule has 3 heterocycles. The van der Waals surface area contributed by atoms with Crippen molar-refractivity contribution in [3.05, 3.63) is 53.6 Å². The van der Waals surface area contributed by atoms with Crippen LogP contribution in [0.2, 0.25) is 5.02 Å². The first kappa shape index (κ1) is 20.8. The number of benzene rings is 1. The van der Waals surface area contributed by atoms with Gasteiger partial charge in [0.05, 0.1) is 23.2 Å². The van der Waals surface area contributed by atoms with E-state index in [0.29, 0.717) is 5.02 Å². The number of nitrogens with zero attached hydrogens (tertiary/aromatic N) is 3. The van der Waals surface area contributed by atoms with E-state index in [1.807, 2.05) is 12.1 Å². The van der Waals surface area contributed by atoms with Gasteiger partial charge in [0.1, 0.15) is 10.8 Å². The highest BCUT2D eigenvalue weighted by Gasteiger charge is 2.21. The first-order valence-electron chi connectivity index (χ1n) is 10.0. The van der Waals surface area contributed by atoms with Crippen LogP contribution in [0, 0.1) is 0 Å². The van der Waals surface area contributed by atoms with Crippen LogP contribution in [0.15, 0.2) is 37.4 Å². The fourth-order valence-corrected chi connectivity index (χ4v) is 5.08. The number of nitrogens with one attached hydrogen (secondary N) is 1. The lowest BCUT2D eigenvalue weighted by atomic mass is 9.91. The van der Waals surface area contributed by atoms with Gasteiger partial charge in [-0.15, -0.1) is 13.2 Å². The largest absolute Gasteiger partial charge is 0.497 e. The summed E-state index contributed by atoms with van der Waals surface area (Å²) in [5, 5.41) is 6.23. The number of allylic oxidation sites excluding steroid dienone is 1. The number of aryl methyl sites for hydroxylation is 1. The Kier molecular flexibility index (Phi) is 6.37. The predicted molar refractivity (Wildman–Crippen MR) is 128 cm³/mol. The quantitative estimate of drug-likeness (QED) is 0.568. The number of hydrogen-bond donors (Lipinski definition) is 1. The number of anilines is 1. The van der Waals surface area contributed by atoms with Crippen LogP contribution in [0.25, 0.3) is 28.4 Å². The first-order chi connectivity index (χ1) is 14.7. The molecule has 156 valence electrons. The molecule has 1 fully saturated rings. The number of piperazine rings is 1. The molecule has 1 saturated heterocycles. The standard InChI is InChI=1S/C21H21ClN4OS.C2H4/c1-27-14-10-13-4-2-3-5-15(13)16(11-14)19-18(22)12-17-20(24-19)25-28-21(17)26-8-6-23-7-9-26;1-2/h3,5,10-12,23H,2,4,6-9H2,1H3;1-2H2.